The molecule has 0 aliphatic rings. The lowest BCUT2D eigenvalue weighted by atomic mass is 10.1. The molecule has 0 unspecified atom stereocenters. The summed E-state index contributed by atoms with van der Waals surface area (Å²) in [6.07, 6.45) is 33.4. The van der Waals surface area contributed by atoms with Crippen molar-refractivity contribution in [3.63, 3.8) is 0 Å². The highest BCUT2D eigenvalue weighted by atomic mass is 32.2. The molecule has 0 atom stereocenters. The lowest BCUT2D eigenvalue weighted by Gasteiger charge is -2.17. The van der Waals surface area contributed by atoms with E-state index >= 15 is 0 Å². The highest BCUT2D eigenvalue weighted by Crippen LogP contribution is 2.43. The number of benzene rings is 1. The van der Waals surface area contributed by atoms with Crippen molar-refractivity contribution in [3.8, 4) is 0 Å². The molecule has 1 rings (SSSR count). The highest BCUT2D eigenvalue weighted by Gasteiger charge is 2.14. The number of thioether (sulfide) groups is 4. The van der Waals surface area contributed by atoms with Crippen molar-refractivity contribution in [2.75, 3.05) is 23.0 Å². The summed E-state index contributed by atoms with van der Waals surface area (Å²) < 4.78 is 0. The zero-order valence-corrected chi connectivity index (χ0v) is 31.9. The molecule has 0 saturated heterocycles. The maximum Gasteiger partial charge on any atom is 0.0345 e. The minimum Gasteiger partial charge on any atom is -0.126 e. The fourth-order valence-electron chi connectivity index (χ4n) is 5.25. The third-order valence-electron chi connectivity index (χ3n) is 8.02. The first kappa shape index (κ1) is 40.6. The summed E-state index contributed by atoms with van der Waals surface area (Å²) in [6, 6.07) is 5.17. The number of unbranched alkanes of at least 4 members (excludes halogenated alkanes) is 20. The fraction of sp³-hybridized carbons (Fsp3) is 0.842. The largest absolute Gasteiger partial charge is 0.126 e. The Balaban J connectivity index is 2.86. The van der Waals surface area contributed by atoms with E-state index in [1.54, 1.807) is 14.7 Å². The Bertz CT molecular complexity index is 665. The lowest BCUT2D eigenvalue weighted by Crippen LogP contribution is -1.93. The first-order valence-electron chi connectivity index (χ1n) is 18.5. The molecule has 0 aliphatic heterocycles. The van der Waals surface area contributed by atoms with Gasteiger partial charge in [0, 0.05) is 19.6 Å². The molecule has 0 radical (unpaired) electrons. The maximum absolute atomic E-state index is 2.59. The fourth-order valence-corrected chi connectivity index (χ4v) is 10.2. The molecule has 0 saturated carbocycles. The van der Waals surface area contributed by atoms with Gasteiger partial charge in [-0.3, -0.25) is 0 Å². The SMILES string of the molecule is CCCCCCCCSc1cc(SCCCCCCCC)c(SCCCCCCCC)c(SCCCCCCCC)c1. The van der Waals surface area contributed by atoms with Gasteiger partial charge in [0.05, 0.1) is 0 Å². The topological polar surface area (TPSA) is 0 Å². The summed E-state index contributed by atoms with van der Waals surface area (Å²) >= 11 is 8.66. The van der Waals surface area contributed by atoms with Crippen LogP contribution >= 0.6 is 47.0 Å². The molecule has 0 heterocycles. The van der Waals surface area contributed by atoms with Gasteiger partial charge in [0.15, 0.2) is 0 Å². The molecule has 0 aliphatic carbocycles. The minimum atomic E-state index is 1.28. The van der Waals surface area contributed by atoms with E-state index in [-0.39, 0.29) is 0 Å². The highest BCUT2D eigenvalue weighted by molar-refractivity contribution is 8.04. The monoisotopic (exact) mass is 654 g/mol. The van der Waals surface area contributed by atoms with Crippen LogP contribution in [-0.2, 0) is 0 Å². The van der Waals surface area contributed by atoms with Gasteiger partial charge in [-0.2, -0.15) is 0 Å². The Hall–Kier alpha value is 0.620. The molecule has 0 N–H and O–H groups in total. The van der Waals surface area contributed by atoms with Gasteiger partial charge in [0.25, 0.3) is 0 Å². The molecule has 4 heteroatoms. The van der Waals surface area contributed by atoms with Gasteiger partial charge >= 0.3 is 0 Å². The first-order chi connectivity index (χ1) is 20.8. The summed E-state index contributed by atoms with van der Waals surface area (Å²) in [5.41, 5.74) is 0. The van der Waals surface area contributed by atoms with E-state index in [1.165, 1.54) is 182 Å². The van der Waals surface area contributed by atoms with Gasteiger partial charge in [-0.05, 0) is 60.8 Å². The van der Waals surface area contributed by atoms with Gasteiger partial charge in [-0.15, -0.1) is 47.0 Å². The predicted octanol–water partition coefficient (Wildman–Crippen LogP) is 15.5. The van der Waals surface area contributed by atoms with Crippen LogP contribution in [0.15, 0.2) is 31.7 Å². The summed E-state index contributed by atoms with van der Waals surface area (Å²) in [4.78, 5) is 6.35. The smallest absolute Gasteiger partial charge is 0.0345 e. The Morgan fingerprint density at radius 2 is 0.619 bits per heavy atom. The van der Waals surface area contributed by atoms with E-state index in [2.05, 4.69) is 86.9 Å². The second-order valence-electron chi connectivity index (χ2n) is 12.2. The molecule has 0 amide bonds. The van der Waals surface area contributed by atoms with E-state index in [0.717, 1.165) is 0 Å². The standard InChI is InChI=1S/C38H70S4/c1-5-9-13-17-21-25-29-39-35-33-36(40-30-26-22-18-14-10-6-2)38(42-32-28-24-20-16-12-8-4)37(34-35)41-31-27-23-19-15-11-7-3/h33-34H,5-32H2,1-4H3. The van der Waals surface area contributed by atoms with Crippen LogP contribution in [0.2, 0.25) is 0 Å². The Kier molecular flexibility index (Phi) is 30.6. The molecule has 0 aromatic heterocycles. The van der Waals surface area contributed by atoms with Crippen molar-refractivity contribution in [1.82, 2.24) is 0 Å². The van der Waals surface area contributed by atoms with E-state index in [4.69, 9.17) is 0 Å². The summed E-state index contributed by atoms with van der Waals surface area (Å²) in [5, 5.41) is 0. The number of rotatable bonds is 32. The van der Waals surface area contributed by atoms with Crippen LogP contribution in [0.5, 0.6) is 0 Å². The summed E-state index contributed by atoms with van der Waals surface area (Å²) in [6.45, 7) is 9.27. The minimum absolute atomic E-state index is 1.28. The van der Waals surface area contributed by atoms with Gasteiger partial charge in [0.2, 0.25) is 0 Å². The quantitative estimate of drug-likeness (QED) is 0.0560. The van der Waals surface area contributed by atoms with Gasteiger partial charge in [-0.25, -0.2) is 0 Å². The number of hydrogen-bond acceptors (Lipinski definition) is 4. The molecule has 0 fully saturated rings. The van der Waals surface area contributed by atoms with Crippen LogP contribution in [0.4, 0.5) is 0 Å². The van der Waals surface area contributed by atoms with Crippen LogP contribution in [0, 0.1) is 0 Å². The van der Waals surface area contributed by atoms with Crippen LogP contribution in [0.1, 0.15) is 182 Å². The van der Waals surface area contributed by atoms with Crippen molar-refractivity contribution in [2.45, 2.75) is 201 Å². The Labute approximate surface area is 282 Å². The number of hydrogen-bond donors (Lipinski definition) is 0. The van der Waals surface area contributed by atoms with Crippen LogP contribution in [0.3, 0.4) is 0 Å². The molecule has 0 bridgehead atoms. The predicted molar refractivity (Wildman–Crippen MR) is 203 cm³/mol. The van der Waals surface area contributed by atoms with E-state index < -0.39 is 0 Å². The normalized spacial score (nSPS) is 11.5. The van der Waals surface area contributed by atoms with E-state index in [0.29, 0.717) is 0 Å². The van der Waals surface area contributed by atoms with E-state index in [1.807, 2.05) is 0 Å². The van der Waals surface area contributed by atoms with Crippen LogP contribution in [-0.4, -0.2) is 23.0 Å². The van der Waals surface area contributed by atoms with Crippen molar-refractivity contribution < 1.29 is 0 Å². The molecule has 0 spiro atoms. The summed E-state index contributed by atoms with van der Waals surface area (Å²) in [7, 11) is 0. The molecule has 1 aromatic rings. The molecule has 246 valence electrons. The molecule has 42 heavy (non-hydrogen) atoms. The van der Waals surface area contributed by atoms with Crippen molar-refractivity contribution in [1.29, 1.82) is 0 Å². The first-order valence-corrected chi connectivity index (χ1v) is 22.4. The average Bonchev–Trinajstić information content (AvgIpc) is 3.00. The third-order valence-corrected chi connectivity index (χ3v) is 12.8. The molecule has 0 nitrogen and oxygen atoms in total. The lowest BCUT2D eigenvalue weighted by molar-refractivity contribution is 0.626. The van der Waals surface area contributed by atoms with Gasteiger partial charge in [0.1, 0.15) is 0 Å². The Morgan fingerprint density at radius 1 is 0.333 bits per heavy atom. The van der Waals surface area contributed by atoms with Crippen molar-refractivity contribution in [2.24, 2.45) is 0 Å². The Morgan fingerprint density at radius 3 is 0.976 bits per heavy atom. The van der Waals surface area contributed by atoms with Gasteiger partial charge in [-0.1, -0.05) is 156 Å². The third kappa shape index (κ3) is 23.0. The molecular formula is C38H70S4. The molecular weight excluding hydrogens is 585 g/mol. The van der Waals surface area contributed by atoms with Crippen molar-refractivity contribution in [3.05, 3.63) is 12.1 Å². The zero-order valence-electron chi connectivity index (χ0n) is 28.6. The van der Waals surface area contributed by atoms with Crippen LogP contribution < -0.4 is 0 Å². The zero-order chi connectivity index (χ0) is 30.4. The average molecular weight is 655 g/mol. The molecule has 1 aromatic carbocycles. The van der Waals surface area contributed by atoms with Gasteiger partial charge < -0.3 is 0 Å². The maximum atomic E-state index is 2.59. The van der Waals surface area contributed by atoms with Crippen molar-refractivity contribution >= 4 is 47.0 Å². The second-order valence-corrected chi connectivity index (χ2v) is 16.8. The van der Waals surface area contributed by atoms with Crippen LogP contribution in [0.25, 0.3) is 0 Å². The second kappa shape index (κ2) is 31.6. The summed E-state index contributed by atoms with van der Waals surface area (Å²) in [5.74, 6) is 5.12. The van der Waals surface area contributed by atoms with E-state index in [9.17, 15) is 0 Å².